The van der Waals surface area contributed by atoms with Gasteiger partial charge in [0.05, 0.1) is 0 Å². The Labute approximate surface area is 128 Å². The number of aromatic hydroxyl groups is 1. The van der Waals surface area contributed by atoms with Crippen LogP contribution in [0.4, 0.5) is 0 Å². The molecule has 1 aromatic carbocycles. The summed E-state index contributed by atoms with van der Waals surface area (Å²) in [7, 11) is 0. The van der Waals surface area contributed by atoms with E-state index in [4.69, 9.17) is 0 Å². The molecule has 0 saturated carbocycles. The zero-order valence-corrected chi connectivity index (χ0v) is 13.7. The second-order valence-corrected chi connectivity index (χ2v) is 7.17. The lowest BCUT2D eigenvalue weighted by Crippen LogP contribution is -2.58. The molecule has 1 heterocycles. The van der Waals surface area contributed by atoms with Gasteiger partial charge in [-0.2, -0.15) is 0 Å². The van der Waals surface area contributed by atoms with E-state index >= 15 is 0 Å². The molecule has 2 heteroatoms. The highest BCUT2D eigenvalue weighted by Crippen LogP contribution is 2.49. The number of fused-ring (bicyclic) bond motifs is 4. The Morgan fingerprint density at radius 3 is 2.95 bits per heavy atom. The number of hydrogen-bond donors (Lipinski definition) is 1. The van der Waals surface area contributed by atoms with Crippen LogP contribution in [0, 0.1) is 5.92 Å². The van der Waals surface area contributed by atoms with Crippen molar-refractivity contribution >= 4 is 0 Å². The van der Waals surface area contributed by atoms with E-state index in [0.29, 0.717) is 17.7 Å². The minimum absolute atomic E-state index is 0.206. The van der Waals surface area contributed by atoms with Gasteiger partial charge in [-0.3, -0.25) is 4.90 Å². The first-order chi connectivity index (χ1) is 9.95. The second-order valence-electron chi connectivity index (χ2n) is 7.17. The first-order valence-corrected chi connectivity index (χ1v) is 8.14. The maximum atomic E-state index is 9.87. The molecule has 21 heavy (non-hydrogen) atoms. The molecular weight excluding hydrogens is 258 g/mol. The lowest BCUT2D eigenvalue weighted by Gasteiger charge is -2.54. The average molecular weight is 285 g/mol. The first-order valence-electron chi connectivity index (χ1n) is 8.14. The minimum atomic E-state index is 0.206. The molecule has 1 aromatic rings. The summed E-state index contributed by atoms with van der Waals surface area (Å²) in [6, 6.07) is 6.61. The number of piperidine rings is 1. The summed E-state index contributed by atoms with van der Waals surface area (Å²) in [4.78, 5) is 2.66. The van der Waals surface area contributed by atoms with Crippen molar-refractivity contribution in [2.45, 2.75) is 52.0 Å². The zero-order valence-electron chi connectivity index (χ0n) is 13.7. The van der Waals surface area contributed by atoms with Gasteiger partial charge >= 0.3 is 0 Å². The van der Waals surface area contributed by atoms with Crippen LogP contribution in [0.1, 0.15) is 45.2 Å². The number of benzene rings is 1. The minimum Gasteiger partial charge on any atom is -0.508 e. The third-order valence-corrected chi connectivity index (χ3v) is 6.05. The van der Waals surface area contributed by atoms with Crippen LogP contribution < -0.4 is 0 Å². The molecule has 1 N–H and O–H groups in total. The molecule has 0 spiro atoms. The van der Waals surface area contributed by atoms with E-state index in [2.05, 4.69) is 44.7 Å². The maximum absolute atomic E-state index is 9.87. The molecule has 1 saturated heterocycles. The summed E-state index contributed by atoms with van der Waals surface area (Å²) in [6.45, 7) is 11.4. The predicted molar refractivity (Wildman–Crippen MR) is 87.7 cm³/mol. The molecule has 0 aromatic heterocycles. The normalized spacial score (nSPS) is 32.9. The number of rotatable bonds is 2. The molecule has 2 nitrogen and oxygen atoms in total. The summed E-state index contributed by atoms with van der Waals surface area (Å²) < 4.78 is 0. The van der Waals surface area contributed by atoms with E-state index < -0.39 is 0 Å². The van der Waals surface area contributed by atoms with Gasteiger partial charge < -0.3 is 5.11 Å². The maximum Gasteiger partial charge on any atom is 0.115 e. The first kappa shape index (κ1) is 14.6. The summed E-state index contributed by atoms with van der Waals surface area (Å²) in [5.74, 6) is 1.04. The molecular formula is C19H27NO. The third kappa shape index (κ3) is 2.30. The Kier molecular flexibility index (Phi) is 3.61. The smallest absolute Gasteiger partial charge is 0.115 e. The fourth-order valence-corrected chi connectivity index (χ4v) is 4.30. The van der Waals surface area contributed by atoms with Crippen LogP contribution in [0.5, 0.6) is 5.75 Å². The Bertz CT molecular complexity index is 577. The van der Waals surface area contributed by atoms with Gasteiger partial charge in [-0.05, 0) is 67.8 Å². The van der Waals surface area contributed by atoms with Crippen molar-refractivity contribution in [3.63, 3.8) is 0 Å². The highest BCUT2D eigenvalue weighted by molar-refractivity contribution is 5.44. The van der Waals surface area contributed by atoms with Gasteiger partial charge in [0.15, 0.2) is 0 Å². The quantitative estimate of drug-likeness (QED) is 0.834. The van der Waals surface area contributed by atoms with E-state index in [-0.39, 0.29) is 5.41 Å². The van der Waals surface area contributed by atoms with Crippen LogP contribution in [0.15, 0.2) is 29.8 Å². The van der Waals surface area contributed by atoms with Gasteiger partial charge in [-0.15, -0.1) is 0 Å². The van der Waals surface area contributed by atoms with Gasteiger partial charge in [0.1, 0.15) is 5.75 Å². The van der Waals surface area contributed by atoms with Crippen LogP contribution in [0.25, 0.3) is 0 Å². The van der Waals surface area contributed by atoms with Gasteiger partial charge in [0, 0.05) is 12.6 Å². The van der Waals surface area contributed by atoms with E-state index in [1.165, 1.54) is 23.1 Å². The second kappa shape index (κ2) is 5.17. The van der Waals surface area contributed by atoms with Crippen molar-refractivity contribution < 1.29 is 5.11 Å². The van der Waals surface area contributed by atoms with Crippen LogP contribution in [-0.4, -0.2) is 29.1 Å². The number of phenols is 1. The number of nitrogens with zero attached hydrogens (tertiary/aromatic N) is 1. The summed E-state index contributed by atoms with van der Waals surface area (Å²) in [6.07, 6.45) is 4.52. The highest BCUT2D eigenvalue weighted by Gasteiger charge is 2.48. The van der Waals surface area contributed by atoms with Gasteiger partial charge in [-0.1, -0.05) is 31.6 Å². The molecule has 2 bridgehead atoms. The predicted octanol–water partition coefficient (Wildman–Crippen LogP) is 3.88. The molecule has 114 valence electrons. The standard InChI is InChI=1S/C19H27NO/c1-5-13(2)12-20-9-8-19(4)14(3)18(20)10-15-6-7-16(21)11-17(15)19/h5-7,11,14,18,21H,8-10,12H2,1-4H3/b13-5-/t14?,18-,19-/m0/s1. The number of phenolic OH excluding ortho intramolecular Hbond substituents is 1. The number of hydrogen-bond acceptors (Lipinski definition) is 2. The largest absolute Gasteiger partial charge is 0.508 e. The van der Waals surface area contributed by atoms with Crippen molar-refractivity contribution in [2.75, 3.05) is 13.1 Å². The third-order valence-electron chi connectivity index (χ3n) is 6.05. The van der Waals surface area contributed by atoms with Crippen LogP contribution >= 0.6 is 0 Å². The van der Waals surface area contributed by atoms with Gasteiger partial charge in [0.25, 0.3) is 0 Å². The molecule has 1 aliphatic heterocycles. The Hall–Kier alpha value is -1.28. The lowest BCUT2D eigenvalue weighted by atomic mass is 9.59. The monoisotopic (exact) mass is 285 g/mol. The Morgan fingerprint density at radius 1 is 1.48 bits per heavy atom. The number of likely N-dealkylation sites (tertiary alicyclic amines) is 1. The zero-order chi connectivity index (χ0) is 15.2. The number of allylic oxidation sites excluding steroid dienone is 1. The summed E-state index contributed by atoms with van der Waals surface area (Å²) >= 11 is 0. The van der Waals surface area contributed by atoms with Crippen LogP contribution in [0.2, 0.25) is 0 Å². The molecule has 0 amide bonds. The lowest BCUT2D eigenvalue weighted by molar-refractivity contribution is 0.0380. The SMILES string of the molecule is C/C=C(/C)CN1CC[C@]2(C)c3cc(O)ccc3C[C@H]1C2C. The van der Waals surface area contributed by atoms with Gasteiger partial charge in [0.2, 0.25) is 0 Å². The molecule has 1 fully saturated rings. The topological polar surface area (TPSA) is 23.5 Å². The van der Waals surface area contributed by atoms with Gasteiger partial charge in [-0.25, -0.2) is 0 Å². The van der Waals surface area contributed by atoms with Crippen LogP contribution in [0.3, 0.4) is 0 Å². The Balaban J connectivity index is 1.98. The highest BCUT2D eigenvalue weighted by atomic mass is 16.3. The molecule has 3 atom stereocenters. The molecule has 1 unspecified atom stereocenters. The van der Waals surface area contributed by atoms with E-state index in [0.717, 1.165) is 19.5 Å². The van der Waals surface area contributed by atoms with Crippen molar-refractivity contribution in [3.05, 3.63) is 41.0 Å². The van der Waals surface area contributed by atoms with E-state index in [1.54, 1.807) is 0 Å². The van der Waals surface area contributed by atoms with Crippen molar-refractivity contribution in [1.82, 2.24) is 4.90 Å². The Morgan fingerprint density at radius 2 is 2.24 bits per heavy atom. The average Bonchev–Trinajstić information content (AvgIpc) is 2.46. The molecule has 0 radical (unpaired) electrons. The summed E-state index contributed by atoms with van der Waals surface area (Å²) in [5, 5.41) is 9.87. The molecule has 2 aliphatic rings. The van der Waals surface area contributed by atoms with Crippen molar-refractivity contribution in [3.8, 4) is 5.75 Å². The van der Waals surface area contributed by atoms with Crippen molar-refractivity contribution in [2.24, 2.45) is 5.92 Å². The van der Waals surface area contributed by atoms with E-state index in [9.17, 15) is 5.11 Å². The van der Waals surface area contributed by atoms with Crippen molar-refractivity contribution in [1.29, 1.82) is 0 Å². The summed E-state index contributed by atoms with van der Waals surface area (Å²) in [5.41, 5.74) is 4.48. The fraction of sp³-hybridized carbons (Fsp3) is 0.579. The van der Waals surface area contributed by atoms with Crippen LogP contribution in [-0.2, 0) is 11.8 Å². The van der Waals surface area contributed by atoms with E-state index in [1.807, 2.05) is 12.1 Å². The molecule has 1 aliphatic carbocycles. The fourth-order valence-electron chi connectivity index (χ4n) is 4.30. The molecule has 3 rings (SSSR count).